The van der Waals surface area contributed by atoms with Gasteiger partial charge >= 0.3 is 0 Å². The molecule has 0 N–H and O–H groups in total. The molecule has 0 aliphatic carbocycles. The summed E-state index contributed by atoms with van der Waals surface area (Å²) in [5.41, 5.74) is 0.734. The molecule has 0 fully saturated rings. The van der Waals surface area contributed by atoms with Gasteiger partial charge in [-0.1, -0.05) is 23.7 Å². The van der Waals surface area contributed by atoms with Gasteiger partial charge in [-0.05, 0) is 64.6 Å². The Bertz CT molecular complexity index is 694. The van der Waals surface area contributed by atoms with Crippen molar-refractivity contribution in [1.82, 2.24) is 0 Å². The Morgan fingerprint density at radius 3 is 2.16 bits per heavy atom. The van der Waals surface area contributed by atoms with Crippen LogP contribution in [0.3, 0.4) is 0 Å². The van der Waals surface area contributed by atoms with Crippen molar-refractivity contribution in [2.45, 2.75) is 4.90 Å². The van der Waals surface area contributed by atoms with Crippen LogP contribution < -0.4 is 0 Å². The summed E-state index contributed by atoms with van der Waals surface area (Å²) >= 11 is 7.89. The molecule has 0 aliphatic rings. The Labute approximate surface area is 130 Å². The maximum Gasteiger partial charge on any atom is 0.282 e. The summed E-state index contributed by atoms with van der Waals surface area (Å²) in [5, 5.41) is 0.487. The molecule has 0 spiro atoms. The highest BCUT2D eigenvalue weighted by Gasteiger charge is 2.10. The topological polar surface area (TPSA) is 46.5 Å². The molecule has 0 unspecified atom stereocenters. The molecule has 3 nitrogen and oxygen atoms in total. The molecular formula is C13H9ClINO2S. The summed E-state index contributed by atoms with van der Waals surface area (Å²) in [4.78, 5) is 0.124. The van der Waals surface area contributed by atoms with E-state index in [1.165, 1.54) is 30.5 Å². The lowest BCUT2D eigenvalue weighted by molar-refractivity contribution is 0.598. The van der Waals surface area contributed by atoms with Crippen molar-refractivity contribution in [3.63, 3.8) is 0 Å². The minimum absolute atomic E-state index is 0.124. The fourth-order valence-corrected chi connectivity index (χ4v) is 2.69. The molecule has 0 bridgehead atoms. The largest absolute Gasteiger partial charge is 0.282 e. The zero-order valence-corrected chi connectivity index (χ0v) is 13.4. The first-order valence-corrected chi connectivity index (χ1v) is 8.18. The molecular weight excluding hydrogens is 397 g/mol. The molecule has 0 heterocycles. The van der Waals surface area contributed by atoms with Gasteiger partial charge in [-0.25, -0.2) is 0 Å². The zero-order valence-electron chi connectivity index (χ0n) is 9.62. The van der Waals surface area contributed by atoms with Crippen LogP contribution in [-0.2, 0) is 10.0 Å². The van der Waals surface area contributed by atoms with Gasteiger partial charge in [0.25, 0.3) is 10.0 Å². The summed E-state index contributed by atoms with van der Waals surface area (Å²) in [7, 11) is -3.68. The van der Waals surface area contributed by atoms with Gasteiger partial charge in [0.15, 0.2) is 0 Å². The van der Waals surface area contributed by atoms with Crippen molar-refractivity contribution in [2.24, 2.45) is 4.40 Å². The molecule has 2 aromatic rings. The fourth-order valence-electron chi connectivity index (χ4n) is 1.35. The molecule has 2 aromatic carbocycles. The van der Waals surface area contributed by atoms with E-state index in [2.05, 4.69) is 27.0 Å². The first-order valence-electron chi connectivity index (χ1n) is 5.29. The van der Waals surface area contributed by atoms with Crippen LogP contribution in [0.2, 0.25) is 5.02 Å². The summed E-state index contributed by atoms with van der Waals surface area (Å²) in [6, 6.07) is 13.3. The second-order valence-corrected chi connectivity index (χ2v) is 7.03. The summed E-state index contributed by atoms with van der Waals surface area (Å²) in [5.74, 6) is 0. The van der Waals surface area contributed by atoms with Crippen molar-refractivity contribution in [3.8, 4) is 0 Å². The SMILES string of the molecule is O=S(=O)(N=Cc1ccc(I)cc1)c1ccc(Cl)cc1. The van der Waals surface area contributed by atoms with E-state index >= 15 is 0 Å². The molecule has 2 rings (SSSR count). The predicted octanol–water partition coefficient (Wildman–Crippen LogP) is 3.75. The fraction of sp³-hybridized carbons (Fsp3) is 0. The number of sulfonamides is 1. The highest BCUT2D eigenvalue weighted by Crippen LogP contribution is 2.16. The van der Waals surface area contributed by atoms with Gasteiger partial charge in [0, 0.05) is 14.8 Å². The van der Waals surface area contributed by atoms with Crippen LogP contribution in [0.5, 0.6) is 0 Å². The average Bonchev–Trinajstić information content (AvgIpc) is 2.39. The van der Waals surface area contributed by atoms with Gasteiger partial charge in [0.2, 0.25) is 0 Å². The standard InChI is InChI=1S/C13H9ClINO2S/c14-11-3-7-13(8-4-11)19(17,18)16-9-10-1-5-12(15)6-2-10/h1-9H. The zero-order chi connectivity index (χ0) is 13.9. The molecule has 0 radical (unpaired) electrons. The van der Waals surface area contributed by atoms with Crippen molar-refractivity contribution in [3.05, 3.63) is 62.7 Å². The molecule has 0 saturated heterocycles. The van der Waals surface area contributed by atoms with Crippen molar-refractivity contribution < 1.29 is 8.42 Å². The normalized spacial score (nSPS) is 11.9. The average molecular weight is 406 g/mol. The van der Waals surface area contributed by atoms with Crippen molar-refractivity contribution in [1.29, 1.82) is 0 Å². The van der Waals surface area contributed by atoms with Gasteiger partial charge in [0.05, 0.1) is 4.90 Å². The van der Waals surface area contributed by atoms with E-state index in [4.69, 9.17) is 11.6 Å². The molecule has 98 valence electrons. The number of nitrogens with zero attached hydrogens (tertiary/aromatic N) is 1. The van der Waals surface area contributed by atoms with E-state index in [1.807, 2.05) is 24.3 Å². The molecule has 0 saturated carbocycles. The summed E-state index contributed by atoms with van der Waals surface area (Å²) < 4.78 is 28.6. The lowest BCUT2D eigenvalue weighted by Gasteiger charge is -1.98. The van der Waals surface area contributed by atoms with Gasteiger partial charge in [0.1, 0.15) is 0 Å². The Morgan fingerprint density at radius 1 is 1.00 bits per heavy atom. The highest BCUT2D eigenvalue weighted by atomic mass is 127. The third-order valence-electron chi connectivity index (χ3n) is 2.32. The Hall–Kier alpha value is -0.920. The molecule has 6 heteroatoms. The first kappa shape index (κ1) is 14.5. The van der Waals surface area contributed by atoms with E-state index in [1.54, 1.807) is 0 Å². The van der Waals surface area contributed by atoms with Crippen LogP contribution in [0.1, 0.15) is 5.56 Å². The van der Waals surface area contributed by atoms with E-state index in [0.717, 1.165) is 9.13 Å². The quantitative estimate of drug-likeness (QED) is 0.577. The highest BCUT2D eigenvalue weighted by molar-refractivity contribution is 14.1. The Kier molecular flexibility index (Phi) is 4.59. The maximum absolute atomic E-state index is 11.9. The van der Waals surface area contributed by atoms with E-state index < -0.39 is 10.0 Å². The summed E-state index contributed by atoms with van der Waals surface area (Å²) in [6.07, 6.45) is 1.33. The lowest BCUT2D eigenvalue weighted by Crippen LogP contribution is -1.97. The third-order valence-corrected chi connectivity index (χ3v) is 4.54. The predicted molar refractivity (Wildman–Crippen MR) is 85.4 cm³/mol. The Morgan fingerprint density at radius 2 is 1.58 bits per heavy atom. The number of halogens is 2. The molecule has 19 heavy (non-hydrogen) atoms. The lowest BCUT2D eigenvalue weighted by atomic mass is 10.2. The molecule has 0 aromatic heterocycles. The van der Waals surface area contributed by atoms with E-state index in [9.17, 15) is 8.42 Å². The molecule has 0 aliphatic heterocycles. The van der Waals surface area contributed by atoms with Gasteiger partial charge in [-0.3, -0.25) is 0 Å². The van der Waals surface area contributed by atoms with Crippen molar-refractivity contribution >= 4 is 50.4 Å². The monoisotopic (exact) mass is 405 g/mol. The summed E-state index contributed by atoms with van der Waals surface area (Å²) in [6.45, 7) is 0. The number of hydrogen-bond donors (Lipinski definition) is 0. The number of benzene rings is 2. The number of rotatable bonds is 3. The molecule has 0 amide bonds. The van der Waals surface area contributed by atoms with Crippen LogP contribution in [0.25, 0.3) is 0 Å². The minimum Gasteiger partial charge on any atom is -0.199 e. The van der Waals surface area contributed by atoms with E-state index in [0.29, 0.717) is 5.02 Å². The minimum atomic E-state index is -3.68. The smallest absolute Gasteiger partial charge is 0.199 e. The van der Waals surface area contributed by atoms with Crippen LogP contribution in [0.15, 0.2) is 57.8 Å². The van der Waals surface area contributed by atoms with Gasteiger partial charge in [-0.2, -0.15) is 12.8 Å². The van der Waals surface area contributed by atoms with Crippen LogP contribution in [0.4, 0.5) is 0 Å². The van der Waals surface area contributed by atoms with Crippen LogP contribution >= 0.6 is 34.2 Å². The van der Waals surface area contributed by atoms with Crippen LogP contribution in [-0.4, -0.2) is 14.6 Å². The third kappa shape index (κ3) is 4.02. The second kappa shape index (κ2) is 6.02. The Balaban J connectivity index is 2.26. The van der Waals surface area contributed by atoms with Gasteiger partial charge in [-0.15, -0.1) is 0 Å². The second-order valence-electron chi connectivity index (χ2n) is 3.72. The maximum atomic E-state index is 11.9. The van der Waals surface area contributed by atoms with Crippen LogP contribution in [0, 0.1) is 3.57 Å². The number of hydrogen-bond acceptors (Lipinski definition) is 2. The van der Waals surface area contributed by atoms with E-state index in [-0.39, 0.29) is 4.90 Å². The van der Waals surface area contributed by atoms with Gasteiger partial charge < -0.3 is 0 Å². The molecule has 0 atom stereocenters. The first-order chi connectivity index (χ1) is 8.97. The van der Waals surface area contributed by atoms with Crippen molar-refractivity contribution in [2.75, 3.05) is 0 Å².